The summed E-state index contributed by atoms with van der Waals surface area (Å²) in [6.07, 6.45) is 0.542. The van der Waals surface area contributed by atoms with E-state index in [9.17, 15) is 14.4 Å². The molecule has 2 aromatic carbocycles. The van der Waals surface area contributed by atoms with Crippen molar-refractivity contribution in [1.82, 2.24) is 0 Å². The molecule has 0 saturated carbocycles. The lowest BCUT2D eigenvalue weighted by Crippen LogP contribution is -2.30. The Kier molecular flexibility index (Phi) is 6.64. The van der Waals surface area contributed by atoms with Gasteiger partial charge < -0.3 is 19.8 Å². The number of esters is 1. The van der Waals surface area contributed by atoms with Gasteiger partial charge in [-0.2, -0.15) is 0 Å². The van der Waals surface area contributed by atoms with Crippen molar-refractivity contribution in [3.8, 4) is 0 Å². The number of carbonyl (C=O) groups excluding carboxylic acids is 3. The van der Waals surface area contributed by atoms with Gasteiger partial charge in [0.15, 0.2) is 11.9 Å². The summed E-state index contributed by atoms with van der Waals surface area (Å²) in [5.74, 6) is -0.509. The monoisotopic (exact) mass is 406 g/mol. The van der Waals surface area contributed by atoms with E-state index in [-0.39, 0.29) is 5.78 Å². The van der Waals surface area contributed by atoms with E-state index in [2.05, 4.69) is 10.6 Å². The molecule has 1 atom stereocenters. The summed E-state index contributed by atoms with van der Waals surface area (Å²) in [4.78, 5) is 36.5. The van der Waals surface area contributed by atoms with Crippen LogP contribution in [0.3, 0.4) is 0 Å². The summed E-state index contributed by atoms with van der Waals surface area (Å²) in [6, 6.07) is 17.0. The molecule has 0 bridgehead atoms. The molecule has 0 spiro atoms. The molecule has 0 radical (unpaired) electrons. The van der Waals surface area contributed by atoms with Gasteiger partial charge in [-0.15, -0.1) is 0 Å². The van der Waals surface area contributed by atoms with Crippen LogP contribution >= 0.6 is 0 Å². The van der Waals surface area contributed by atoms with Crippen molar-refractivity contribution >= 4 is 29.0 Å². The summed E-state index contributed by atoms with van der Waals surface area (Å²) >= 11 is 0. The Labute approximate surface area is 174 Å². The minimum Gasteiger partial charge on any atom is -0.467 e. The Hall–Kier alpha value is -3.87. The molecule has 30 heavy (non-hydrogen) atoms. The number of benzene rings is 2. The number of rotatable bonds is 8. The Bertz CT molecular complexity index is 1040. The van der Waals surface area contributed by atoms with Crippen molar-refractivity contribution in [2.75, 3.05) is 10.6 Å². The zero-order chi connectivity index (χ0) is 21.5. The number of hydrogen-bond acceptors (Lipinski definition) is 6. The molecule has 0 aliphatic rings. The molecular formula is C23H22N2O5. The van der Waals surface area contributed by atoms with E-state index < -0.39 is 18.0 Å². The standard InChI is InChI=1S/C23H22N2O5/c1-15(26)17-7-5-8-18(13-17)25-22(27)16(2)30-23(28)20-10-3-4-11-21(20)24-14-19-9-6-12-29-19/h3-13,16,24H,14H2,1-2H3,(H,25,27)/t16-/m0/s1. The first kappa shape index (κ1) is 20.9. The Morgan fingerprint density at radius 1 is 1.03 bits per heavy atom. The fourth-order valence-electron chi connectivity index (χ4n) is 2.75. The average Bonchev–Trinajstić information content (AvgIpc) is 3.26. The predicted molar refractivity (Wildman–Crippen MR) is 112 cm³/mol. The molecule has 0 saturated heterocycles. The smallest absolute Gasteiger partial charge is 0.341 e. The maximum atomic E-state index is 12.6. The molecule has 1 amide bonds. The molecule has 0 fully saturated rings. The lowest BCUT2D eigenvalue weighted by molar-refractivity contribution is -0.123. The highest BCUT2D eigenvalue weighted by atomic mass is 16.5. The van der Waals surface area contributed by atoms with Crippen LogP contribution in [0, 0.1) is 0 Å². The van der Waals surface area contributed by atoms with Gasteiger partial charge in [0.1, 0.15) is 5.76 Å². The molecular weight excluding hydrogens is 384 g/mol. The quantitative estimate of drug-likeness (QED) is 0.428. The minimum absolute atomic E-state index is 0.107. The second-order valence-electron chi connectivity index (χ2n) is 6.65. The Balaban J connectivity index is 1.63. The van der Waals surface area contributed by atoms with Crippen LogP contribution in [0.2, 0.25) is 0 Å². The predicted octanol–water partition coefficient (Wildman–Crippen LogP) is 4.28. The lowest BCUT2D eigenvalue weighted by atomic mass is 10.1. The number of Topliss-reactive ketones (excluding diaryl/α,β-unsaturated/α-hetero) is 1. The fourth-order valence-corrected chi connectivity index (χ4v) is 2.75. The first-order valence-corrected chi connectivity index (χ1v) is 9.42. The highest BCUT2D eigenvalue weighted by molar-refractivity contribution is 6.00. The lowest BCUT2D eigenvalue weighted by Gasteiger charge is -2.16. The van der Waals surface area contributed by atoms with Crippen LogP contribution in [-0.4, -0.2) is 23.8 Å². The summed E-state index contributed by atoms with van der Waals surface area (Å²) in [5.41, 5.74) is 1.81. The van der Waals surface area contributed by atoms with Crippen molar-refractivity contribution < 1.29 is 23.5 Å². The van der Waals surface area contributed by atoms with E-state index >= 15 is 0 Å². The van der Waals surface area contributed by atoms with Crippen molar-refractivity contribution in [3.05, 3.63) is 83.8 Å². The third kappa shape index (κ3) is 5.35. The second kappa shape index (κ2) is 9.56. The third-order valence-electron chi connectivity index (χ3n) is 4.37. The van der Waals surface area contributed by atoms with Gasteiger partial charge in [-0.3, -0.25) is 9.59 Å². The zero-order valence-electron chi connectivity index (χ0n) is 16.7. The number of anilines is 2. The molecule has 2 N–H and O–H groups in total. The summed E-state index contributed by atoms with van der Waals surface area (Å²) in [7, 11) is 0. The number of carbonyl (C=O) groups is 3. The third-order valence-corrected chi connectivity index (χ3v) is 4.37. The van der Waals surface area contributed by atoms with Gasteiger partial charge in [0.2, 0.25) is 0 Å². The number of para-hydroxylation sites is 1. The molecule has 7 nitrogen and oxygen atoms in total. The number of furan rings is 1. The van der Waals surface area contributed by atoms with E-state index in [1.165, 1.54) is 13.8 Å². The van der Waals surface area contributed by atoms with E-state index in [1.807, 2.05) is 6.07 Å². The molecule has 7 heteroatoms. The van der Waals surface area contributed by atoms with Crippen LogP contribution in [0.5, 0.6) is 0 Å². The van der Waals surface area contributed by atoms with Gasteiger partial charge >= 0.3 is 5.97 Å². The molecule has 1 heterocycles. The van der Waals surface area contributed by atoms with Crippen LogP contribution in [0.1, 0.15) is 40.3 Å². The maximum Gasteiger partial charge on any atom is 0.341 e. The van der Waals surface area contributed by atoms with Gasteiger partial charge in [0.05, 0.1) is 18.4 Å². The number of ketones is 1. The van der Waals surface area contributed by atoms with Gasteiger partial charge in [-0.05, 0) is 50.2 Å². The van der Waals surface area contributed by atoms with Crippen LogP contribution in [-0.2, 0) is 16.1 Å². The first-order chi connectivity index (χ1) is 14.4. The largest absolute Gasteiger partial charge is 0.467 e. The SMILES string of the molecule is CC(=O)c1cccc(NC(=O)[C@H](C)OC(=O)c2ccccc2NCc2ccco2)c1. The maximum absolute atomic E-state index is 12.6. The van der Waals surface area contributed by atoms with Crippen molar-refractivity contribution in [2.24, 2.45) is 0 Å². The van der Waals surface area contributed by atoms with Gasteiger partial charge in [0, 0.05) is 16.9 Å². The van der Waals surface area contributed by atoms with Crippen LogP contribution < -0.4 is 10.6 Å². The number of nitrogens with one attached hydrogen (secondary N) is 2. The summed E-state index contributed by atoms with van der Waals surface area (Å²) < 4.78 is 10.6. The molecule has 154 valence electrons. The van der Waals surface area contributed by atoms with Crippen LogP contribution in [0.25, 0.3) is 0 Å². The van der Waals surface area contributed by atoms with Gasteiger partial charge in [-0.1, -0.05) is 24.3 Å². The van der Waals surface area contributed by atoms with E-state index in [4.69, 9.17) is 9.15 Å². The number of amides is 1. The Morgan fingerprint density at radius 3 is 2.57 bits per heavy atom. The van der Waals surface area contributed by atoms with Crippen molar-refractivity contribution in [2.45, 2.75) is 26.5 Å². The second-order valence-corrected chi connectivity index (χ2v) is 6.65. The summed E-state index contributed by atoms with van der Waals surface area (Å²) in [5, 5.41) is 5.78. The van der Waals surface area contributed by atoms with E-state index in [0.717, 1.165) is 5.76 Å². The number of hydrogen-bond donors (Lipinski definition) is 2. The minimum atomic E-state index is -1.03. The first-order valence-electron chi connectivity index (χ1n) is 9.42. The van der Waals surface area contributed by atoms with Crippen molar-refractivity contribution in [3.63, 3.8) is 0 Å². The van der Waals surface area contributed by atoms with Gasteiger partial charge in [-0.25, -0.2) is 4.79 Å². The topological polar surface area (TPSA) is 97.6 Å². The Morgan fingerprint density at radius 2 is 1.83 bits per heavy atom. The number of ether oxygens (including phenoxy) is 1. The summed E-state index contributed by atoms with van der Waals surface area (Å²) in [6.45, 7) is 3.34. The molecule has 0 unspecified atom stereocenters. The van der Waals surface area contributed by atoms with E-state index in [0.29, 0.717) is 29.0 Å². The fraction of sp³-hybridized carbons (Fsp3) is 0.174. The molecule has 3 rings (SSSR count). The highest BCUT2D eigenvalue weighted by Gasteiger charge is 2.21. The molecule has 0 aliphatic heterocycles. The molecule has 3 aromatic rings. The van der Waals surface area contributed by atoms with Crippen molar-refractivity contribution in [1.29, 1.82) is 0 Å². The highest BCUT2D eigenvalue weighted by Crippen LogP contribution is 2.19. The van der Waals surface area contributed by atoms with E-state index in [1.54, 1.807) is 60.9 Å². The molecule has 1 aromatic heterocycles. The molecule has 0 aliphatic carbocycles. The normalized spacial score (nSPS) is 11.4. The average molecular weight is 406 g/mol. The van der Waals surface area contributed by atoms with Gasteiger partial charge in [0.25, 0.3) is 5.91 Å². The zero-order valence-corrected chi connectivity index (χ0v) is 16.7. The van der Waals surface area contributed by atoms with Crippen LogP contribution in [0.4, 0.5) is 11.4 Å². The van der Waals surface area contributed by atoms with Crippen LogP contribution in [0.15, 0.2) is 71.3 Å².